The van der Waals surface area contributed by atoms with Crippen molar-refractivity contribution >= 4 is 23.5 Å². The number of ether oxygens (including phenoxy) is 3. The van der Waals surface area contributed by atoms with Gasteiger partial charge in [-0.2, -0.15) is 0 Å². The van der Waals surface area contributed by atoms with E-state index in [0.717, 1.165) is 0 Å². The van der Waals surface area contributed by atoms with Crippen molar-refractivity contribution in [3.63, 3.8) is 0 Å². The van der Waals surface area contributed by atoms with Crippen LogP contribution in [0.3, 0.4) is 0 Å². The number of esters is 1. The van der Waals surface area contributed by atoms with Gasteiger partial charge in [-0.1, -0.05) is 0 Å². The summed E-state index contributed by atoms with van der Waals surface area (Å²) in [6.45, 7) is -0.444. The summed E-state index contributed by atoms with van der Waals surface area (Å²) < 4.78 is 15.1. The topological polar surface area (TPSA) is 103 Å². The minimum absolute atomic E-state index is 0.195. The van der Waals surface area contributed by atoms with Crippen molar-refractivity contribution in [2.75, 3.05) is 26.1 Å². The molecular formula is C15H18N2O6. The standard InChI is InChI=1S/C15H18N2O6/c1-21-9-3-4-10(12(7-9)22-2)16-14(19)8-23-15(20)11-5-6-13(18)17-11/h3-4,7,11H,5-6,8H2,1-2H3,(H,16,19)(H,17,18)/t11-/m0/s1. The van der Waals surface area contributed by atoms with E-state index in [4.69, 9.17) is 14.2 Å². The Morgan fingerprint density at radius 3 is 2.70 bits per heavy atom. The lowest BCUT2D eigenvalue weighted by Crippen LogP contribution is -2.36. The Balaban J connectivity index is 1.87. The molecule has 1 atom stereocenters. The van der Waals surface area contributed by atoms with Crippen LogP contribution < -0.4 is 20.1 Å². The first kappa shape index (κ1) is 16.6. The highest BCUT2D eigenvalue weighted by Crippen LogP contribution is 2.28. The third kappa shape index (κ3) is 4.35. The van der Waals surface area contributed by atoms with Crippen molar-refractivity contribution in [3.8, 4) is 11.5 Å². The monoisotopic (exact) mass is 322 g/mol. The third-order valence-corrected chi connectivity index (χ3v) is 3.31. The van der Waals surface area contributed by atoms with Gasteiger partial charge in [0.1, 0.15) is 17.5 Å². The van der Waals surface area contributed by atoms with E-state index in [-0.39, 0.29) is 12.3 Å². The number of carbonyl (C=O) groups is 3. The summed E-state index contributed by atoms with van der Waals surface area (Å²) >= 11 is 0. The molecule has 1 aliphatic rings. The minimum Gasteiger partial charge on any atom is -0.497 e. The molecule has 1 fully saturated rings. The molecule has 0 spiro atoms. The maximum atomic E-state index is 11.9. The maximum absolute atomic E-state index is 11.9. The number of amides is 2. The summed E-state index contributed by atoms with van der Waals surface area (Å²) in [5.41, 5.74) is 0.434. The van der Waals surface area contributed by atoms with Crippen molar-refractivity contribution in [1.29, 1.82) is 0 Å². The fourth-order valence-electron chi connectivity index (χ4n) is 2.12. The Morgan fingerprint density at radius 2 is 2.09 bits per heavy atom. The van der Waals surface area contributed by atoms with Crippen LogP contribution in [-0.2, 0) is 19.1 Å². The Kier molecular flexibility index (Phi) is 5.40. The molecule has 1 aromatic carbocycles. The fraction of sp³-hybridized carbons (Fsp3) is 0.400. The van der Waals surface area contributed by atoms with Gasteiger partial charge >= 0.3 is 5.97 Å². The van der Waals surface area contributed by atoms with Crippen LogP contribution in [0.5, 0.6) is 11.5 Å². The Hall–Kier alpha value is -2.77. The molecule has 0 aromatic heterocycles. The Bertz CT molecular complexity index is 616. The van der Waals surface area contributed by atoms with E-state index in [1.165, 1.54) is 14.2 Å². The van der Waals surface area contributed by atoms with Crippen LogP contribution in [0.15, 0.2) is 18.2 Å². The van der Waals surface area contributed by atoms with Gasteiger partial charge in [0.2, 0.25) is 5.91 Å². The molecule has 8 heteroatoms. The van der Waals surface area contributed by atoms with Crippen LogP contribution in [0.2, 0.25) is 0 Å². The van der Waals surface area contributed by atoms with Crippen molar-refractivity contribution in [1.82, 2.24) is 5.32 Å². The lowest BCUT2D eigenvalue weighted by atomic mass is 10.2. The van der Waals surface area contributed by atoms with Crippen LogP contribution in [0.25, 0.3) is 0 Å². The van der Waals surface area contributed by atoms with E-state index in [9.17, 15) is 14.4 Å². The smallest absolute Gasteiger partial charge is 0.329 e. The number of rotatable bonds is 6. The molecule has 2 N–H and O–H groups in total. The first-order valence-corrected chi connectivity index (χ1v) is 7.01. The maximum Gasteiger partial charge on any atom is 0.329 e. The highest BCUT2D eigenvalue weighted by molar-refractivity contribution is 5.95. The molecule has 1 saturated heterocycles. The zero-order valence-electron chi connectivity index (χ0n) is 12.9. The zero-order chi connectivity index (χ0) is 16.8. The van der Waals surface area contributed by atoms with E-state index in [0.29, 0.717) is 23.6 Å². The van der Waals surface area contributed by atoms with Crippen LogP contribution in [0.1, 0.15) is 12.8 Å². The summed E-state index contributed by atoms with van der Waals surface area (Å²) in [5.74, 6) is -0.312. The van der Waals surface area contributed by atoms with Crippen molar-refractivity contribution in [2.24, 2.45) is 0 Å². The van der Waals surface area contributed by atoms with Gasteiger partial charge in [0.05, 0.1) is 19.9 Å². The molecule has 8 nitrogen and oxygen atoms in total. The van der Waals surface area contributed by atoms with Gasteiger partial charge in [0.25, 0.3) is 5.91 Å². The molecular weight excluding hydrogens is 304 g/mol. The van der Waals surface area contributed by atoms with Gasteiger partial charge < -0.3 is 24.8 Å². The van der Waals surface area contributed by atoms with Gasteiger partial charge in [-0.05, 0) is 18.6 Å². The molecule has 0 unspecified atom stereocenters. The van der Waals surface area contributed by atoms with Gasteiger partial charge in [-0.3, -0.25) is 9.59 Å². The SMILES string of the molecule is COc1ccc(NC(=O)COC(=O)[C@@H]2CCC(=O)N2)c(OC)c1. The Morgan fingerprint density at radius 1 is 1.30 bits per heavy atom. The van der Waals surface area contributed by atoms with Gasteiger partial charge in [0.15, 0.2) is 6.61 Å². The van der Waals surface area contributed by atoms with E-state index < -0.39 is 24.5 Å². The Labute approximate surface area is 133 Å². The molecule has 1 aromatic rings. The summed E-state index contributed by atoms with van der Waals surface area (Å²) in [7, 11) is 2.99. The van der Waals surface area contributed by atoms with Crippen LogP contribution in [-0.4, -0.2) is 44.7 Å². The van der Waals surface area contributed by atoms with Gasteiger partial charge in [0, 0.05) is 12.5 Å². The van der Waals surface area contributed by atoms with Gasteiger partial charge in [-0.15, -0.1) is 0 Å². The molecule has 0 bridgehead atoms. The molecule has 2 amide bonds. The van der Waals surface area contributed by atoms with E-state index in [1.807, 2.05) is 0 Å². The van der Waals surface area contributed by atoms with E-state index >= 15 is 0 Å². The average molecular weight is 322 g/mol. The van der Waals surface area contributed by atoms with Crippen LogP contribution >= 0.6 is 0 Å². The van der Waals surface area contributed by atoms with Crippen molar-refractivity contribution in [2.45, 2.75) is 18.9 Å². The van der Waals surface area contributed by atoms with Gasteiger partial charge in [-0.25, -0.2) is 4.79 Å². The fourth-order valence-corrected chi connectivity index (χ4v) is 2.12. The zero-order valence-corrected chi connectivity index (χ0v) is 12.9. The predicted molar refractivity (Wildman–Crippen MR) is 80.3 cm³/mol. The second-order valence-electron chi connectivity index (χ2n) is 4.88. The third-order valence-electron chi connectivity index (χ3n) is 3.31. The molecule has 0 radical (unpaired) electrons. The molecule has 0 saturated carbocycles. The summed E-state index contributed by atoms with van der Waals surface area (Å²) in [6.07, 6.45) is 0.667. The molecule has 1 aliphatic heterocycles. The predicted octanol–water partition coefficient (Wildman–Crippen LogP) is 0.464. The molecule has 1 heterocycles. The number of carbonyl (C=O) groups excluding carboxylic acids is 3. The number of hydrogen-bond acceptors (Lipinski definition) is 6. The van der Waals surface area contributed by atoms with Crippen molar-refractivity contribution in [3.05, 3.63) is 18.2 Å². The largest absolute Gasteiger partial charge is 0.497 e. The molecule has 2 rings (SSSR count). The number of benzene rings is 1. The lowest BCUT2D eigenvalue weighted by molar-refractivity contribution is -0.149. The second kappa shape index (κ2) is 7.48. The van der Waals surface area contributed by atoms with Crippen LogP contribution in [0.4, 0.5) is 5.69 Å². The quantitative estimate of drug-likeness (QED) is 0.738. The molecule has 23 heavy (non-hydrogen) atoms. The normalized spacial score (nSPS) is 16.4. The van der Waals surface area contributed by atoms with Crippen LogP contribution in [0, 0.1) is 0 Å². The number of anilines is 1. The lowest BCUT2D eigenvalue weighted by Gasteiger charge is -2.13. The highest BCUT2D eigenvalue weighted by atomic mass is 16.5. The highest BCUT2D eigenvalue weighted by Gasteiger charge is 2.28. The number of nitrogens with one attached hydrogen (secondary N) is 2. The first-order valence-electron chi connectivity index (χ1n) is 7.01. The summed E-state index contributed by atoms with van der Waals surface area (Å²) in [5, 5.41) is 5.06. The van der Waals surface area contributed by atoms with E-state index in [1.54, 1.807) is 18.2 Å². The molecule has 124 valence electrons. The first-order chi connectivity index (χ1) is 11.0. The average Bonchev–Trinajstić information content (AvgIpc) is 2.99. The van der Waals surface area contributed by atoms with E-state index in [2.05, 4.69) is 10.6 Å². The van der Waals surface area contributed by atoms with Crippen molar-refractivity contribution < 1.29 is 28.6 Å². The number of hydrogen-bond donors (Lipinski definition) is 2. The minimum atomic E-state index is -0.675. The summed E-state index contributed by atoms with van der Waals surface area (Å²) in [6, 6.07) is 4.23. The second-order valence-corrected chi connectivity index (χ2v) is 4.88. The summed E-state index contributed by atoms with van der Waals surface area (Å²) in [4.78, 5) is 34.6. The molecule has 0 aliphatic carbocycles. The number of methoxy groups -OCH3 is 2.